The quantitative estimate of drug-likeness (QED) is 0.429. The lowest BCUT2D eigenvalue weighted by Crippen LogP contribution is -2.41. The first-order chi connectivity index (χ1) is 16.4. The molecule has 0 aliphatic carbocycles. The number of aliphatic hydroxyl groups is 2. The fourth-order valence-electron chi connectivity index (χ4n) is 4.28. The molecule has 7 nitrogen and oxygen atoms in total. The molecule has 0 saturated heterocycles. The summed E-state index contributed by atoms with van der Waals surface area (Å²) in [5, 5.41) is 20.2. The summed E-state index contributed by atoms with van der Waals surface area (Å²) in [4.78, 5) is 18.4. The van der Waals surface area contributed by atoms with Crippen molar-refractivity contribution in [1.29, 1.82) is 0 Å². The summed E-state index contributed by atoms with van der Waals surface area (Å²) in [7, 11) is 0. The van der Waals surface area contributed by atoms with Crippen LogP contribution in [0.2, 0.25) is 5.02 Å². The summed E-state index contributed by atoms with van der Waals surface area (Å²) in [6.45, 7) is 4.93. The molecule has 0 radical (unpaired) electrons. The van der Waals surface area contributed by atoms with Crippen molar-refractivity contribution in [2.24, 2.45) is 5.92 Å². The average Bonchev–Trinajstić information content (AvgIpc) is 3.20. The van der Waals surface area contributed by atoms with Crippen molar-refractivity contribution in [3.8, 4) is 5.75 Å². The summed E-state index contributed by atoms with van der Waals surface area (Å²) in [6.07, 6.45) is -0.0745. The number of carbonyl (C=O) groups excluding carboxylic acids is 1. The monoisotopic (exact) mass is 486 g/mol. The number of aromatic nitrogens is 1. The molecule has 182 valence electrons. The number of H-pyrrole nitrogens is 1. The molecular formula is C26H31ClN2O5. The third-order valence-corrected chi connectivity index (χ3v) is 6.23. The Morgan fingerprint density at radius 3 is 2.71 bits per heavy atom. The number of aromatic amines is 1. The van der Waals surface area contributed by atoms with E-state index < -0.39 is 6.10 Å². The van der Waals surface area contributed by atoms with Crippen molar-refractivity contribution < 1.29 is 24.5 Å². The van der Waals surface area contributed by atoms with Gasteiger partial charge in [0.1, 0.15) is 11.8 Å². The van der Waals surface area contributed by atoms with E-state index in [4.69, 9.17) is 26.2 Å². The zero-order valence-corrected chi connectivity index (χ0v) is 20.2. The van der Waals surface area contributed by atoms with Crippen LogP contribution in [0.4, 0.5) is 4.79 Å². The molecule has 2 atom stereocenters. The van der Waals surface area contributed by atoms with E-state index in [9.17, 15) is 9.90 Å². The molecule has 34 heavy (non-hydrogen) atoms. The van der Waals surface area contributed by atoms with Crippen LogP contribution in [0.25, 0.3) is 10.9 Å². The Bertz CT molecular complexity index is 1130. The Balaban J connectivity index is 1.64. The number of amides is 1. The predicted octanol–water partition coefficient (Wildman–Crippen LogP) is 4.68. The van der Waals surface area contributed by atoms with Crippen molar-refractivity contribution in [2.75, 3.05) is 26.4 Å². The van der Waals surface area contributed by atoms with Crippen LogP contribution >= 0.6 is 11.6 Å². The number of benzene rings is 2. The molecule has 1 aliphatic rings. The van der Waals surface area contributed by atoms with Crippen molar-refractivity contribution in [3.05, 3.63) is 64.3 Å². The van der Waals surface area contributed by atoms with Crippen LogP contribution in [-0.4, -0.2) is 58.7 Å². The van der Waals surface area contributed by atoms with E-state index in [1.165, 1.54) is 0 Å². The third kappa shape index (κ3) is 5.32. The van der Waals surface area contributed by atoms with E-state index in [1.807, 2.05) is 56.3 Å². The summed E-state index contributed by atoms with van der Waals surface area (Å²) in [5.41, 5.74) is 4.04. The molecule has 8 heteroatoms. The van der Waals surface area contributed by atoms with Crippen molar-refractivity contribution in [3.63, 3.8) is 0 Å². The number of ether oxygens (including phenoxy) is 2. The summed E-state index contributed by atoms with van der Waals surface area (Å²) in [5.74, 6) is 0.904. The van der Waals surface area contributed by atoms with Gasteiger partial charge in [-0.25, -0.2) is 4.79 Å². The topological polar surface area (TPSA) is 95.0 Å². The largest absolute Gasteiger partial charge is 0.493 e. The van der Waals surface area contributed by atoms with Crippen LogP contribution in [-0.2, 0) is 11.2 Å². The minimum atomic E-state index is -0.791. The molecule has 2 aromatic carbocycles. The first kappa shape index (κ1) is 24.4. The molecule has 0 saturated carbocycles. The van der Waals surface area contributed by atoms with Gasteiger partial charge in [-0.05, 0) is 53.8 Å². The lowest BCUT2D eigenvalue weighted by Gasteiger charge is -2.35. The van der Waals surface area contributed by atoms with Crippen LogP contribution in [0.3, 0.4) is 0 Å². The maximum Gasteiger partial charge on any atom is 0.410 e. The minimum absolute atomic E-state index is 0.249. The molecule has 3 aromatic rings. The van der Waals surface area contributed by atoms with Crippen molar-refractivity contribution >= 4 is 28.6 Å². The van der Waals surface area contributed by atoms with Gasteiger partial charge in [0, 0.05) is 34.6 Å². The number of aliphatic hydroxyl groups excluding tert-OH is 2. The van der Waals surface area contributed by atoms with E-state index in [0.29, 0.717) is 43.4 Å². The number of nitrogens with zero attached hydrogens (tertiary/aromatic N) is 1. The number of hydrogen-bond donors (Lipinski definition) is 3. The summed E-state index contributed by atoms with van der Waals surface area (Å²) >= 11 is 6.27. The molecule has 0 bridgehead atoms. The van der Waals surface area contributed by atoms with Crippen molar-refractivity contribution in [1.82, 2.24) is 9.88 Å². The van der Waals surface area contributed by atoms with Gasteiger partial charge in [-0.2, -0.15) is 0 Å². The number of halogens is 1. The fourth-order valence-corrected chi connectivity index (χ4v) is 4.45. The zero-order valence-electron chi connectivity index (χ0n) is 19.5. The van der Waals surface area contributed by atoms with Gasteiger partial charge in [-0.3, -0.25) is 4.90 Å². The number of nitrogens with one attached hydrogen (secondary N) is 1. The second kappa shape index (κ2) is 10.7. The highest BCUT2D eigenvalue weighted by molar-refractivity contribution is 6.31. The third-order valence-electron chi connectivity index (χ3n) is 5.99. The molecule has 0 fully saturated rings. The molecule has 1 aromatic heterocycles. The molecule has 0 spiro atoms. The zero-order chi connectivity index (χ0) is 24.2. The molecule has 2 heterocycles. The first-order valence-electron chi connectivity index (χ1n) is 11.6. The van der Waals surface area contributed by atoms with E-state index in [-0.39, 0.29) is 24.7 Å². The normalized spacial score (nSPS) is 16.5. The Morgan fingerprint density at radius 1 is 1.24 bits per heavy atom. The number of hydrogen-bond acceptors (Lipinski definition) is 5. The van der Waals surface area contributed by atoms with Gasteiger partial charge < -0.3 is 24.7 Å². The molecular weight excluding hydrogens is 456 g/mol. The molecule has 3 N–H and O–H groups in total. The Morgan fingerprint density at radius 2 is 2.00 bits per heavy atom. The van der Waals surface area contributed by atoms with Gasteiger partial charge in [-0.15, -0.1) is 0 Å². The lowest BCUT2D eigenvalue weighted by atomic mass is 9.92. The van der Waals surface area contributed by atoms with Gasteiger partial charge in [0.2, 0.25) is 0 Å². The van der Waals surface area contributed by atoms with E-state index in [0.717, 1.165) is 27.7 Å². The summed E-state index contributed by atoms with van der Waals surface area (Å²) < 4.78 is 11.3. The highest BCUT2D eigenvalue weighted by Crippen LogP contribution is 2.39. The molecule has 1 amide bonds. The van der Waals surface area contributed by atoms with Crippen LogP contribution in [0.15, 0.2) is 42.5 Å². The van der Waals surface area contributed by atoms with Crippen molar-refractivity contribution in [2.45, 2.75) is 38.8 Å². The maximum atomic E-state index is 13.1. The number of rotatable bonds is 8. The van der Waals surface area contributed by atoms with Crippen LogP contribution < -0.4 is 4.74 Å². The highest BCUT2D eigenvalue weighted by Gasteiger charge is 2.35. The van der Waals surface area contributed by atoms with Gasteiger partial charge in [0.25, 0.3) is 0 Å². The molecule has 4 rings (SSSR count). The van der Waals surface area contributed by atoms with Gasteiger partial charge in [0.15, 0.2) is 0 Å². The second-order valence-corrected chi connectivity index (χ2v) is 9.50. The van der Waals surface area contributed by atoms with Crippen LogP contribution in [0, 0.1) is 5.92 Å². The van der Waals surface area contributed by atoms with E-state index in [1.54, 1.807) is 4.90 Å². The van der Waals surface area contributed by atoms with Crippen LogP contribution in [0.5, 0.6) is 5.75 Å². The standard InChI is InChI=1S/C26H31ClN2O5/c1-16(2)15-34-26(32)29-11-9-21-22-13-18(27)5-8-23(22)28-24(21)25(29)17-3-6-20(7-4-17)33-12-10-19(31)14-30/h3-8,13,16,19,25,28,30-31H,9-12,14-15H2,1-2H3/t19-,25?/m0/s1. The Labute approximate surface area is 204 Å². The Hall–Kier alpha value is -2.74. The summed E-state index contributed by atoms with van der Waals surface area (Å²) in [6, 6.07) is 13.0. The SMILES string of the molecule is CC(C)COC(=O)N1CCc2c([nH]c3ccc(Cl)cc23)C1c1ccc(OCC[C@H](O)CO)cc1. The first-order valence-corrected chi connectivity index (χ1v) is 12.0. The maximum absolute atomic E-state index is 13.1. The number of carbonyl (C=O) groups is 1. The minimum Gasteiger partial charge on any atom is -0.493 e. The highest BCUT2D eigenvalue weighted by atomic mass is 35.5. The van der Waals surface area contributed by atoms with Crippen LogP contribution in [0.1, 0.15) is 43.1 Å². The average molecular weight is 487 g/mol. The number of fused-ring (bicyclic) bond motifs is 3. The van der Waals surface area contributed by atoms with E-state index in [2.05, 4.69) is 4.98 Å². The van der Waals surface area contributed by atoms with Gasteiger partial charge in [0.05, 0.1) is 25.9 Å². The lowest BCUT2D eigenvalue weighted by molar-refractivity contribution is 0.0754. The Kier molecular flexibility index (Phi) is 7.66. The fraction of sp³-hybridized carbons (Fsp3) is 0.423. The smallest absolute Gasteiger partial charge is 0.410 e. The molecule has 1 aliphatic heterocycles. The molecule has 1 unspecified atom stereocenters. The van der Waals surface area contributed by atoms with E-state index >= 15 is 0 Å². The predicted molar refractivity (Wildman–Crippen MR) is 131 cm³/mol. The second-order valence-electron chi connectivity index (χ2n) is 9.07. The van der Waals surface area contributed by atoms with Gasteiger partial charge in [-0.1, -0.05) is 37.6 Å². The van der Waals surface area contributed by atoms with Gasteiger partial charge >= 0.3 is 6.09 Å².